The highest BCUT2D eigenvalue weighted by atomic mass is 16.1. The van der Waals surface area contributed by atoms with Crippen LogP contribution in [0.4, 0.5) is 17.3 Å². The van der Waals surface area contributed by atoms with Crippen molar-refractivity contribution in [2.75, 3.05) is 18.1 Å². The fourth-order valence-electron chi connectivity index (χ4n) is 2.51. The summed E-state index contributed by atoms with van der Waals surface area (Å²) in [7, 11) is 1.61. The number of amides is 1. The van der Waals surface area contributed by atoms with E-state index in [2.05, 4.69) is 20.6 Å². The number of hydrogen-bond donors (Lipinski definition) is 3. The van der Waals surface area contributed by atoms with E-state index in [-0.39, 0.29) is 12.3 Å². The number of nitrogens with zero attached hydrogens (tertiary/aromatic N) is 2. The molecule has 1 heterocycles. The highest BCUT2D eigenvalue weighted by Crippen LogP contribution is 2.21. The Morgan fingerprint density at radius 3 is 2.83 bits per heavy atom. The van der Waals surface area contributed by atoms with E-state index in [1.807, 2.05) is 31.2 Å². The molecule has 0 spiro atoms. The maximum atomic E-state index is 11.5. The van der Waals surface area contributed by atoms with E-state index in [9.17, 15) is 4.79 Å². The standard InChI is InChI=1S/C18H19N5O/c1-11-3-4-16-13(5-11)10-21-18(23-16)22-15-7-12(6-14(19)9-15)8-17(24)20-2/h3-7,9-10H,8,19H2,1-2H3,(H,20,24)(H,21,22,23). The quantitative estimate of drug-likeness (QED) is 0.642. The third-order valence-corrected chi connectivity index (χ3v) is 3.65. The van der Waals surface area contributed by atoms with Crippen LogP contribution in [-0.4, -0.2) is 22.9 Å². The number of nitrogens with two attached hydrogens (primary N) is 1. The molecule has 0 fully saturated rings. The molecule has 0 bridgehead atoms. The molecule has 0 atom stereocenters. The fraction of sp³-hybridized carbons (Fsp3) is 0.167. The predicted molar refractivity (Wildman–Crippen MR) is 96.2 cm³/mol. The summed E-state index contributed by atoms with van der Waals surface area (Å²) in [6, 6.07) is 11.5. The summed E-state index contributed by atoms with van der Waals surface area (Å²) in [6.07, 6.45) is 2.06. The van der Waals surface area contributed by atoms with E-state index in [0.29, 0.717) is 11.6 Å². The number of aryl methyl sites for hydroxylation is 1. The van der Waals surface area contributed by atoms with Crippen LogP contribution >= 0.6 is 0 Å². The zero-order valence-corrected chi connectivity index (χ0v) is 13.6. The van der Waals surface area contributed by atoms with Crippen LogP contribution in [0.1, 0.15) is 11.1 Å². The monoisotopic (exact) mass is 321 g/mol. The first kappa shape index (κ1) is 15.7. The second kappa shape index (κ2) is 6.54. The number of nitrogens with one attached hydrogen (secondary N) is 2. The van der Waals surface area contributed by atoms with Gasteiger partial charge in [-0.15, -0.1) is 0 Å². The van der Waals surface area contributed by atoms with E-state index >= 15 is 0 Å². The Bertz CT molecular complexity index is 907. The van der Waals surface area contributed by atoms with Crippen LogP contribution in [0.3, 0.4) is 0 Å². The van der Waals surface area contributed by atoms with E-state index in [1.165, 1.54) is 5.56 Å². The van der Waals surface area contributed by atoms with Gasteiger partial charge >= 0.3 is 0 Å². The van der Waals surface area contributed by atoms with Gasteiger partial charge < -0.3 is 16.4 Å². The lowest BCUT2D eigenvalue weighted by molar-refractivity contribution is -0.119. The van der Waals surface area contributed by atoms with Gasteiger partial charge in [0, 0.05) is 30.0 Å². The minimum absolute atomic E-state index is 0.0659. The van der Waals surface area contributed by atoms with Gasteiger partial charge in [-0.2, -0.15) is 0 Å². The van der Waals surface area contributed by atoms with Gasteiger partial charge in [0.15, 0.2) is 0 Å². The van der Waals surface area contributed by atoms with Crippen molar-refractivity contribution < 1.29 is 4.79 Å². The molecule has 0 unspecified atom stereocenters. The lowest BCUT2D eigenvalue weighted by Crippen LogP contribution is -2.20. The van der Waals surface area contributed by atoms with Gasteiger partial charge in [0.2, 0.25) is 11.9 Å². The largest absolute Gasteiger partial charge is 0.399 e. The molecule has 0 aliphatic rings. The van der Waals surface area contributed by atoms with E-state index in [1.54, 1.807) is 25.4 Å². The molecule has 0 aliphatic carbocycles. The zero-order chi connectivity index (χ0) is 17.1. The molecule has 0 saturated heterocycles. The van der Waals surface area contributed by atoms with Crippen LogP contribution in [0.5, 0.6) is 0 Å². The maximum Gasteiger partial charge on any atom is 0.227 e. The molecule has 122 valence electrons. The summed E-state index contributed by atoms with van der Waals surface area (Å²) >= 11 is 0. The van der Waals surface area contributed by atoms with Crippen LogP contribution in [0.2, 0.25) is 0 Å². The molecular weight excluding hydrogens is 302 g/mol. The van der Waals surface area contributed by atoms with Gasteiger partial charge in [0.1, 0.15) is 0 Å². The van der Waals surface area contributed by atoms with Crippen LogP contribution in [-0.2, 0) is 11.2 Å². The number of carbonyl (C=O) groups is 1. The average molecular weight is 321 g/mol. The summed E-state index contributed by atoms with van der Waals surface area (Å²) < 4.78 is 0. The molecule has 1 amide bonds. The first-order valence-corrected chi connectivity index (χ1v) is 7.64. The van der Waals surface area contributed by atoms with Crippen molar-refractivity contribution in [1.29, 1.82) is 0 Å². The van der Waals surface area contributed by atoms with Crippen LogP contribution in [0.25, 0.3) is 10.9 Å². The molecule has 6 nitrogen and oxygen atoms in total. The molecule has 3 aromatic rings. The molecule has 6 heteroatoms. The minimum atomic E-state index is -0.0659. The lowest BCUT2D eigenvalue weighted by Gasteiger charge is -2.09. The minimum Gasteiger partial charge on any atom is -0.399 e. The van der Waals surface area contributed by atoms with Crippen LogP contribution in [0, 0.1) is 6.92 Å². The number of likely N-dealkylation sites (N-methyl/N-ethyl adjacent to an activating group) is 1. The van der Waals surface area contributed by atoms with Crippen molar-refractivity contribution >= 4 is 34.1 Å². The number of hydrogen-bond acceptors (Lipinski definition) is 5. The smallest absolute Gasteiger partial charge is 0.227 e. The van der Waals surface area contributed by atoms with Crippen molar-refractivity contribution in [3.8, 4) is 0 Å². The van der Waals surface area contributed by atoms with Gasteiger partial charge in [-0.3, -0.25) is 4.79 Å². The molecule has 24 heavy (non-hydrogen) atoms. The number of nitrogen functional groups attached to an aromatic ring is 1. The third-order valence-electron chi connectivity index (χ3n) is 3.65. The van der Waals surface area contributed by atoms with Crippen molar-refractivity contribution in [3.05, 3.63) is 53.7 Å². The van der Waals surface area contributed by atoms with Crippen LogP contribution < -0.4 is 16.4 Å². The summed E-state index contributed by atoms with van der Waals surface area (Å²) in [5, 5.41) is 6.75. The van der Waals surface area contributed by atoms with Gasteiger partial charge in [0.25, 0.3) is 0 Å². The maximum absolute atomic E-state index is 11.5. The van der Waals surface area contributed by atoms with E-state index in [0.717, 1.165) is 22.2 Å². The summed E-state index contributed by atoms with van der Waals surface area (Å²) in [5.41, 5.74) is 10.1. The molecule has 0 saturated carbocycles. The number of benzene rings is 2. The van der Waals surface area contributed by atoms with Crippen molar-refractivity contribution in [2.45, 2.75) is 13.3 Å². The Morgan fingerprint density at radius 1 is 1.21 bits per heavy atom. The third kappa shape index (κ3) is 3.60. The Balaban J connectivity index is 1.87. The number of carbonyl (C=O) groups excluding carboxylic acids is 1. The van der Waals surface area contributed by atoms with Crippen molar-refractivity contribution in [2.24, 2.45) is 0 Å². The topological polar surface area (TPSA) is 92.9 Å². The van der Waals surface area contributed by atoms with Gasteiger partial charge in [-0.05, 0) is 42.8 Å². The fourth-order valence-corrected chi connectivity index (χ4v) is 2.51. The number of fused-ring (bicyclic) bond motifs is 1. The normalized spacial score (nSPS) is 10.6. The second-order valence-corrected chi connectivity index (χ2v) is 5.69. The Morgan fingerprint density at radius 2 is 2.04 bits per heavy atom. The molecule has 3 rings (SSSR count). The van der Waals surface area contributed by atoms with Crippen LogP contribution in [0.15, 0.2) is 42.6 Å². The first-order chi connectivity index (χ1) is 11.5. The Hall–Kier alpha value is -3.15. The Kier molecular flexibility index (Phi) is 4.29. The summed E-state index contributed by atoms with van der Waals surface area (Å²) in [6.45, 7) is 2.03. The average Bonchev–Trinajstić information content (AvgIpc) is 2.54. The van der Waals surface area contributed by atoms with E-state index < -0.39 is 0 Å². The number of anilines is 3. The van der Waals surface area contributed by atoms with Gasteiger partial charge in [-0.1, -0.05) is 11.6 Å². The lowest BCUT2D eigenvalue weighted by atomic mass is 10.1. The molecular formula is C18H19N5O. The molecule has 2 aromatic carbocycles. The second-order valence-electron chi connectivity index (χ2n) is 5.69. The van der Waals surface area contributed by atoms with Gasteiger partial charge in [-0.25, -0.2) is 9.97 Å². The zero-order valence-electron chi connectivity index (χ0n) is 13.6. The highest BCUT2D eigenvalue weighted by Gasteiger charge is 2.06. The highest BCUT2D eigenvalue weighted by molar-refractivity contribution is 5.81. The van der Waals surface area contributed by atoms with E-state index in [4.69, 9.17) is 5.73 Å². The molecule has 4 N–H and O–H groups in total. The Labute approximate surface area is 140 Å². The summed E-state index contributed by atoms with van der Waals surface area (Å²) in [4.78, 5) is 20.4. The molecule has 0 radical (unpaired) electrons. The number of rotatable bonds is 4. The summed E-state index contributed by atoms with van der Waals surface area (Å²) in [5.74, 6) is 0.423. The predicted octanol–water partition coefficient (Wildman–Crippen LogP) is 2.55. The number of aromatic nitrogens is 2. The SMILES string of the molecule is CNC(=O)Cc1cc(N)cc(Nc2ncc3cc(C)ccc3n2)c1. The first-order valence-electron chi connectivity index (χ1n) is 7.64. The van der Waals surface area contributed by atoms with Gasteiger partial charge in [0.05, 0.1) is 11.9 Å². The van der Waals surface area contributed by atoms with Crippen molar-refractivity contribution in [1.82, 2.24) is 15.3 Å². The molecule has 1 aromatic heterocycles. The van der Waals surface area contributed by atoms with Crippen molar-refractivity contribution in [3.63, 3.8) is 0 Å². The molecule has 0 aliphatic heterocycles.